The van der Waals surface area contributed by atoms with Crippen molar-refractivity contribution in [2.45, 2.75) is 11.4 Å². The van der Waals surface area contributed by atoms with Gasteiger partial charge in [0.05, 0.1) is 5.69 Å². The Kier molecular flexibility index (Phi) is 4.61. The number of thiocarbonyl (C=S) groups is 1. The average Bonchev–Trinajstić information content (AvgIpc) is 2.45. The summed E-state index contributed by atoms with van der Waals surface area (Å²) in [5, 5.41) is 0. The zero-order valence-corrected chi connectivity index (χ0v) is 12.4. The van der Waals surface area contributed by atoms with Gasteiger partial charge in [-0.05, 0) is 29.8 Å². The van der Waals surface area contributed by atoms with Gasteiger partial charge in [0.25, 0.3) is 0 Å². The topological polar surface area (TPSA) is 85.1 Å². The van der Waals surface area contributed by atoms with Gasteiger partial charge < -0.3 is 5.73 Å². The molecule has 0 spiro atoms. The lowest BCUT2D eigenvalue weighted by molar-refractivity contribution is 0.580. The van der Waals surface area contributed by atoms with Crippen LogP contribution in [0.3, 0.4) is 0 Å². The van der Waals surface area contributed by atoms with Crippen molar-refractivity contribution in [3.63, 3.8) is 0 Å². The van der Waals surface area contributed by atoms with Gasteiger partial charge in [-0.2, -0.15) is 0 Å². The van der Waals surface area contributed by atoms with Gasteiger partial charge in [-0.15, -0.1) is 0 Å². The molecule has 0 fully saturated rings. The Morgan fingerprint density at radius 1 is 1.33 bits per heavy atom. The molecule has 0 unspecified atom stereocenters. The molecule has 0 bridgehead atoms. The molecule has 1 aromatic carbocycles. The minimum atomic E-state index is -3.73. The molecule has 2 rings (SSSR count). The molecule has 3 N–H and O–H groups in total. The van der Waals surface area contributed by atoms with E-state index >= 15 is 0 Å². The highest BCUT2D eigenvalue weighted by Crippen LogP contribution is 2.10. The van der Waals surface area contributed by atoms with E-state index in [1.165, 1.54) is 36.5 Å². The summed E-state index contributed by atoms with van der Waals surface area (Å²) in [5.74, 6) is -0.422. The maximum absolute atomic E-state index is 13.0. The fourth-order valence-corrected chi connectivity index (χ4v) is 2.68. The predicted octanol–water partition coefficient (Wildman–Crippen LogP) is 1.33. The molecule has 21 heavy (non-hydrogen) atoms. The van der Waals surface area contributed by atoms with E-state index in [0.717, 1.165) is 0 Å². The van der Waals surface area contributed by atoms with Crippen LogP contribution in [0.2, 0.25) is 0 Å². The van der Waals surface area contributed by atoms with Crippen molar-refractivity contribution in [3.8, 4) is 0 Å². The van der Waals surface area contributed by atoms with Crippen LogP contribution in [0.1, 0.15) is 11.3 Å². The third-order valence-corrected chi connectivity index (χ3v) is 4.25. The van der Waals surface area contributed by atoms with Crippen LogP contribution < -0.4 is 10.5 Å². The lowest BCUT2D eigenvalue weighted by Gasteiger charge is -2.07. The molecule has 0 aliphatic heterocycles. The Labute approximate surface area is 127 Å². The molecule has 0 atom stereocenters. The number of hydrogen-bond acceptors (Lipinski definition) is 4. The van der Waals surface area contributed by atoms with E-state index in [1.54, 1.807) is 6.07 Å². The van der Waals surface area contributed by atoms with E-state index in [1.807, 2.05) is 0 Å². The zero-order chi connectivity index (χ0) is 15.5. The number of benzene rings is 1. The van der Waals surface area contributed by atoms with Crippen molar-refractivity contribution >= 4 is 27.2 Å². The average molecular weight is 325 g/mol. The Bertz CT molecular complexity index is 761. The van der Waals surface area contributed by atoms with E-state index in [2.05, 4.69) is 9.71 Å². The van der Waals surface area contributed by atoms with Crippen molar-refractivity contribution < 1.29 is 12.8 Å². The highest BCUT2D eigenvalue weighted by atomic mass is 32.2. The predicted molar refractivity (Wildman–Crippen MR) is 80.5 cm³/mol. The van der Waals surface area contributed by atoms with Crippen molar-refractivity contribution in [2.24, 2.45) is 5.73 Å². The lowest BCUT2D eigenvalue weighted by atomic mass is 10.2. The molecule has 0 saturated carbocycles. The van der Waals surface area contributed by atoms with Gasteiger partial charge in [-0.25, -0.2) is 17.5 Å². The first-order valence-corrected chi connectivity index (χ1v) is 7.77. The molecular weight excluding hydrogens is 313 g/mol. The maximum Gasteiger partial charge on any atom is 0.242 e. The maximum atomic E-state index is 13.0. The molecule has 0 aliphatic rings. The van der Waals surface area contributed by atoms with Crippen LogP contribution in [0.5, 0.6) is 0 Å². The second-order valence-corrected chi connectivity index (χ2v) is 6.40. The number of hydrogen-bond donors (Lipinski definition) is 2. The summed E-state index contributed by atoms with van der Waals surface area (Å²) in [6, 6.07) is 8.47. The SMILES string of the molecule is NC(=S)c1ccc(S(=O)(=O)NCc2cccc(F)c2)cn1. The van der Waals surface area contributed by atoms with Crippen molar-refractivity contribution in [3.05, 3.63) is 59.7 Å². The summed E-state index contributed by atoms with van der Waals surface area (Å²) < 4.78 is 39.5. The Morgan fingerprint density at radius 2 is 2.10 bits per heavy atom. The fraction of sp³-hybridized carbons (Fsp3) is 0.0769. The van der Waals surface area contributed by atoms with E-state index < -0.39 is 15.8 Å². The van der Waals surface area contributed by atoms with Crippen LogP contribution in [0.25, 0.3) is 0 Å². The van der Waals surface area contributed by atoms with Crippen LogP contribution in [-0.2, 0) is 16.6 Å². The van der Waals surface area contributed by atoms with Gasteiger partial charge >= 0.3 is 0 Å². The van der Waals surface area contributed by atoms with Gasteiger partial charge in [0, 0.05) is 12.7 Å². The highest BCUT2D eigenvalue weighted by Gasteiger charge is 2.14. The molecule has 0 amide bonds. The Hall–Kier alpha value is -1.90. The molecule has 2 aromatic rings. The number of halogens is 1. The largest absolute Gasteiger partial charge is 0.388 e. The van der Waals surface area contributed by atoms with E-state index in [4.69, 9.17) is 18.0 Å². The van der Waals surface area contributed by atoms with Gasteiger partial charge in [-0.3, -0.25) is 4.98 Å². The van der Waals surface area contributed by atoms with E-state index in [9.17, 15) is 12.8 Å². The molecule has 5 nitrogen and oxygen atoms in total. The molecule has 1 heterocycles. The first-order valence-electron chi connectivity index (χ1n) is 5.88. The lowest BCUT2D eigenvalue weighted by Crippen LogP contribution is -2.23. The van der Waals surface area contributed by atoms with Crippen LogP contribution in [0.15, 0.2) is 47.5 Å². The summed E-state index contributed by atoms with van der Waals surface area (Å²) in [6.07, 6.45) is 1.17. The third-order valence-electron chi connectivity index (χ3n) is 2.65. The number of nitrogens with one attached hydrogen (secondary N) is 1. The molecule has 0 aliphatic carbocycles. The molecule has 0 saturated heterocycles. The second-order valence-electron chi connectivity index (χ2n) is 4.20. The molecular formula is C13H12FN3O2S2. The van der Waals surface area contributed by atoms with Crippen LogP contribution in [-0.4, -0.2) is 18.4 Å². The molecule has 1 aromatic heterocycles. The normalized spacial score (nSPS) is 11.3. The van der Waals surface area contributed by atoms with Crippen molar-refractivity contribution in [1.29, 1.82) is 0 Å². The fourth-order valence-electron chi connectivity index (χ4n) is 1.59. The molecule has 0 radical (unpaired) electrons. The van der Waals surface area contributed by atoms with Crippen molar-refractivity contribution in [1.82, 2.24) is 9.71 Å². The van der Waals surface area contributed by atoms with Crippen LogP contribution in [0.4, 0.5) is 4.39 Å². The zero-order valence-electron chi connectivity index (χ0n) is 10.8. The minimum Gasteiger partial charge on any atom is -0.388 e. The van der Waals surface area contributed by atoms with Gasteiger partial charge in [0.1, 0.15) is 15.7 Å². The first kappa shape index (κ1) is 15.5. The number of sulfonamides is 1. The summed E-state index contributed by atoms with van der Waals surface area (Å²) in [4.78, 5) is 3.94. The van der Waals surface area contributed by atoms with Crippen LogP contribution in [0, 0.1) is 5.82 Å². The number of nitrogens with zero attached hydrogens (tertiary/aromatic N) is 1. The summed E-state index contributed by atoms with van der Waals surface area (Å²) >= 11 is 4.74. The summed E-state index contributed by atoms with van der Waals surface area (Å²) in [5.41, 5.74) is 6.25. The highest BCUT2D eigenvalue weighted by molar-refractivity contribution is 7.89. The number of aromatic nitrogens is 1. The number of nitrogens with two attached hydrogens (primary N) is 1. The first-order chi connectivity index (χ1) is 9.88. The van der Waals surface area contributed by atoms with E-state index in [0.29, 0.717) is 11.3 Å². The second kappa shape index (κ2) is 6.25. The van der Waals surface area contributed by atoms with Gasteiger partial charge in [0.2, 0.25) is 10.0 Å². The van der Waals surface area contributed by atoms with Gasteiger partial charge in [-0.1, -0.05) is 24.4 Å². The summed E-state index contributed by atoms with van der Waals surface area (Å²) in [6.45, 7) is -0.0167. The number of rotatable bonds is 5. The third kappa shape index (κ3) is 4.03. The minimum absolute atomic E-state index is 0.0149. The monoisotopic (exact) mass is 325 g/mol. The van der Waals surface area contributed by atoms with Crippen LogP contribution >= 0.6 is 12.2 Å². The van der Waals surface area contributed by atoms with Crippen molar-refractivity contribution in [2.75, 3.05) is 0 Å². The summed E-state index contributed by atoms with van der Waals surface area (Å²) in [7, 11) is -3.73. The quantitative estimate of drug-likeness (QED) is 0.810. The molecule has 8 heteroatoms. The number of pyridine rings is 1. The smallest absolute Gasteiger partial charge is 0.242 e. The Balaban J connectivity index is 2.13. The standard InChI is InChI=1S/C13H12FN3O2S2/c14-10-3-1-2-9(6-10)7-17-21(18,19)11-4-5-12(13(15)20)16-8-11/h1-6,8,17H,7H2,(H2,15,20). The van der Waals surface area contributed by atoms with E-state index in [-0.39, 0.29) is 16.4 Å². The Morgan fingerprint density at radius 3 is 2.67 bits per heavy atom. The molecule has 110 valence electrons. The van der Waals surface area contributed by atoms with Gasteiger partial charge in [0.15, 0.2) is 0 Å².